The van der Waals surface area contributed by atoms with Gasteiger partial charge < -0.3 is 4.90 Å². The van der Waals surface area contributed by atoms with Crippen LogP contribution in [0.3, 0.4) is 0 Å². The molecular formula is C25H28N6. The first-order chi connectivity index (χ1) is 15.1. The Morgan fingerprint density at radius 1 is 0.968 bits per heavy atom. The largest absolute Gasteiger partial charge is 0.354 e. The number of rotatable bonds is 6. The quantitative estimate of drug-likeness (QED) is 0.614. The molecule has 1 aromatic carbocycles. The van der Waals surface area contributed by atoms with Crippen molar-refractivity contribution in [1.29, 1.82) is 5.26 Å². The summed E-state index contributed by atoms with van der Waals surface area (Å²) < 4.78 is 0. The summed E-state index contributed by atoms with van der Waals surface area (Å²) in [6, 6.07) is 16.5. The topological polar surface area (TPSA) is 68.9 Å². The molecule has 3 aromatic rings. The van der Waals surface area contributed by atoms with Gasteiger partial charge in [-0.05, 0) is 68.6 Å². The van der Waals surface area contributed by atoms with Gasteiger partial charge in [-0.2, -0.15) is 5.26 Å². The van der Waals surface area contributed by atoms with Crippen molar-refractivity contribution < 1.29 is 0 Å². The lowest BCUT2D eigenvalue weighted by molar-refractivity contribution is 0.254. The number of hydrogen-bond acceptors (Lipinski definition) is 6. The molecule has 0 N–H and O–H groups in total. The summed E-state index contributed by atoms with van der Waals surface area (Å²) in [5.41, 5.74) is 5.28. The van der Waals surface area contributed by atoms with Gasteiger partial charge in [0, 0.05) is 43.6 Å². The maximum atomic E-state index is 9.39. The van der Waals surface area contributed by atoms with Crippen molar-refractivity contribution in [2.24, 2.45) is 0 Å². The Bertz CT molecular complexity index is 1070. The number of benzene rings is 1. The molecule has 0 spiro atoms. The van der Waals surface area contributed by atoms with Crippen LogP contribution in [0.4, 0.5) is 5.82 Å². The SMILES string of the molecule is Cc1ccc(-c2cc(CCCN3CCN(c4ccccn4)CC3)nc(C#N)n2)cc1C. The van der Waals surface area contributed by atoms with Crippen molar-refractivity contribution in [2.75, 3.05) is 37.6 Å². The van der Waals surface area contributed by atoms with Crippen molar-refractivity contribution in [1.82, 2.24) is 19.9 Å². The number of piperazine rings is 1. The molecule has 1 aliphatic rings. The van der Waals surface area contributed by atoms with Crippen LogP contribution in [0, 0.1) is 25.2 Å². The van der Waals surface area contributed by atoms with Crippen LogP contribution in [-0.2, 0) is 6.42 Å². The number of nitriles is 1. The third kappa shape index (κ3) is 5.25. The average Bonchev–Trinajstić information content (AvgIpc) is 2.81. The van der Waals surface area contributed by atoms with Gasteiger partial charge in [0.2, 0.25) is 5.82 Å². The molecule has 0 saturated carbocycles. The van der Waals surface area contributed by atoms with Crippen LogP contribution in [0.2, 0.25) is 0 Å². The van der Waals surface area contributed by atoms with Gasteiger partial charge in [0.1, 0.15) is 11.9 Å². The summed E-state index contributed by atoms with van der Waals surface area (Å²) in [6.45, 7) is 9.30. The predicted octanol–water partition coefficient (Wildman–Crippen LogP) is 3.78. The zero-order chi connectivity index (χ0) is 21.6. The van der Waals surface area contributed by atoms with Gasteiger partial charge in [-0.1, -0.05) is 18.2 Å². The molecule has 31 heavy (non-hydrogen) atoms. The number of hydrogen-bond donors (Lipinski definition) is 0. The smallest absolute Gasteiger partial charge is 0.232 e. The van der Waals surface area contributed by atoms with E-state index >= 15 is 0 Å². The second-order valence-electron chi connectivity index (χ2n) is 8.10. The van der Waals surface area contributed by atoms with Crippen LogP contribution in [0.5, 0.6) is 0 Å². The highest BCUT2D eigenvalue weighted by Crippen LogP contribution is 2.22. The van der Waals surface area contributed by atoms with Gasteiger partial charge in [-0.25, -0.2) is 15.0 Å². The zero-order valence-electron chi connectivity index (χ0n) is 18.3. The molecule has 0 bridgehead atoms. The van der Waals surface area contributed by atoms with Crippen LogP contribution in [0.25, 0.3) is 11.3 Å². The maximum absolute atomic E-state index is 9.39. The first-order valence-corrected chi connectivity index (χ1v) is 10.9. The normalized spacial score (nSPS) is 14.4. The van der Waals surface area contributed by atoms with Gasteiger partial charge in [0.25, 0.3) is 0 Å². The molecule has 1 aliphatic heterocycles. The van der Waals surface area contributed by atoms with Crippen molar-refractivity contribution in [2.45, 2.75) is 26.7 Å². The minimum absolute atomic E-state index is 0.245. The minimum Gasteiger partial charge on any atom is -0.354 e. The van der Waals surface area contributed by atoms with Crippen molar-refractivity contribution in [3.63, 3.8) is 0 Å². The van der Waals surface area contributed by atoms with Gasteiger partial charge >= 0.3 is 0 Å². The zero-order valence-corrected chi connectivity index (χ0v) is 18.3. The Balaban J connectivity index is 1.34. The fourth-order valence-corrected chi connectivity index (χ4v) is 3.95. The summed E-state index contributed by atoms with van der Waals surface area (Å²) in [5.74, 6) is 1.31. The van der Waals surface area contributed by atoms with Gasteiger partial charge in [0.05, 0.1) is 5.69 Å². The van der Waals surface area contributed by atoms with Gasteiger partial charge in [-0.15, -0.1) is 0 Å². The highest BCUT2D eigenvalue weighted by atomic mass is 15.3. The molecule has 0 atom stereocenters. The summed E-state index contributed by atoms with van der Waals surface area (Å²) in [7, 11) is 0. The first-order valence-electron chi connectivity index (χ1n) is 10.9. The van der Waals surface area contributed by atoms with E-state index in [1.807, 2.05) is 24.4 Å². The van der Waals surface area contributed by atoms with Crippen LogP contribution in [0.1, 0.15) is 29.1 Å². The molecule has 1 saturated heterocycles. The van der Waals surface area contributed by atoms with E-state index in [-0.39, 0.29) is 5.82 Å². The molecule has 0 radical (unpaired) electrons. The second kappa shape index (κ2) is 9.67. The fraction of sp³-hybridized carbons (Fsp3) is 0.360. The Morgan fingerprint density at radius 3 is 2.52 bits per heavy atom. The molecule has 6 heteroatoms. The Labute approximate surface area is 184 Å². The van der Waals surface area contributed by atoms with Crippen LogP contribution in [-0.4, -0.2) is 52.6 Å². The standard InChI is InChI=1S/C25H28N6/c1-19-8-9-21(16-20(19)2)23-17-22(28-24(18-26)29-23)6-5-11-30-12-14-31(15-13-30)25-7-3-4-10-27-25/h3-4,7-10,16-17H,5-6,11-15H2,1-2H3. The van der Waals surface area contributed by atoms with Crippen molar-refractivity contribution in [3.8, 4) is 17.3 Å². The maximum Gasteiger partial charge on any atom is 0.232 e. The Kier molecular flexibility index (Phi) is 6.54. The summed E-state index contributed by atoms with van der Waals surface area (Å²) in [6.07, 6.45) is 3.71. The highest BCUT2D eigenvalue weighted by molar-refractivity contribution is 5.61. The third-order valence-corrected chi connectivity index (χ3v) is 5.93. The van der Waals surface area contributed by atoms with E-state index in [2.05, 4.69) is 68.9 Å². The van der Waals surface area contributed by atoms with E-state index in [9.17, 15) is 5.26 Å². The number of aromatic nitrogens is 3. The Hall–Kier alpha value is -3.30. The molecule has 0 amide bonds. The van der Waals surface area contributed by atoms with E-state index < -0.39 is 0 Å². The fourth-order valence-electron chi connectivity index (χ4n) is 3.95. The number of nitrogens with zero attached hydrogens (tertiary/aromatic N) is 6. The molecule has 1 fully saturated rings. The van der Waals surface area contributed by atoms with Gasteiger partial charge in [-0.3, -0.25) is 4.90 Å². The lowest BCUT2D eigenvalue weighted by atomic mass is 10.0. The number of anilines is 1. The van der Waals surface area contributed by atoms with E-state index in [4.69, 9.17) is 0 Å². The molecule has 2 aromatic heterocycles. The summed E-state index contributed by atoms with van der Waals surface area (Å²) in [4.78, 5) is 18.2. The lowest BCUT2D eigenvalue weighted by Crippen LogP contribution is -2.47. The first kappa shape index (κ1) is 21.0. The highest BCUT2D eigenvalue weighted by Gasteiger charge is 2.17. The molecule has 0 unspecified atom stereocenters. The van der Waals surface area contributed by atoms with Crippen molar-refractivity contribution in [3.05, 3.63) is 71.3 Å². The van der Waals surface area contributed by atoms with E-state index in [0.717, 1.165) is 68.3 Å². The van der Waals surface area contributed by atoms with Gasteiger partial charge in [0.15, 0.2) is 0 Å². The number of aryl methyl sites for hydroxylation is 3. The molecule has 158 valence electrons. The molecule has 0 aliphatic carbocycles. The minimum atomic E-state index is 0.245. The molecule has 3 heterocycles. The Morgan fingerprint density at radius 2 is 1.81 bits per heavy atom. The number of pyridine rings is 1. The molecule has 4 rings (SSSR count). The van der Waals surface area contributed by atoms with Crippen LogP contribution >= 0.6 is 0 Å². The monoisotopic (exact) mass is 412 g/mol. The molecule has 6 nitrogen and oxygen atoms in total. The van der Waals surface area contributed by atoms with Crippen LogP contribution < -0.4 is 4.90 Å². The molecular weight excluding hydrogens is 384 g/mol. The van der Waals surface area contributed by atoms with Crippen molar-refractivity contribution >= 4 is 5.82 Å². The van der Waals surface area contributed by atoms with E-state index in [1.54, 1.807) is 0 Å². The summed E-state index contributed by atoms with van der Waals surface area (Å²) in [5, 5.41) is 9.39. The second-order valence-corrected chi connectivity index (χ2v) is 8.10. The third-order valence-electron chi connectivity index (χ3n) is 5.93. The lowest BCUT2D eigenvalue weighted by Gasteiger charge is -2.35. The summed E-state index contributed by atoms with van der Waals surface area (Å²) >= 11 is 0. The van der Waals surface area contributed by atoms with E-state index in [0.29, 0.717) is 0 Å². The van der Waals surface area contributed by atoms with E-state index in [1.165, 1.54) is 11.1 Å². The average molecular weight is 413 g/mol. The predicted molar refractivity (Wildman–Crippen MR) is 123 cm³/mol. The van der Waals surface area contributed by atoms with Crippen LogP contribution in [0.15, 0.2) is 48.7 Å².